The molecule has 24 heavy (non-hydrogen) atoms. The number of nitrogens with zero attached hydrogens (tertiary/aromatic N) is 3. The summed E-state index contributed by atoms with van der Waals surface area (Å²) in [5.74, 6) is 0.488. The van der Waals surface area contributed by atoms with Gasteiger partial charge in [0.05, 0.1) is 24.7 Å². The average Bonchev–Trinajstić information content (AvgIpc) is 2.59. The van der Waals surface area contributed by atoms with Crippen molar-refractivity contribution in [3.8, 4) is 5.88 Å². The number of nitrogen functional groups attached to an aromatic ring is 1. The van der Waals surface area contributed by atoms with Gasteiger partial charge in [0.25, 0.3) is 0 Å². The first-order chi connectivity index (χ1) is 11.6. The molecule has 0 radical (unpaired) electrons. The summed E-state index contributed by atoms with van der Waals surface area (Å²) < 4.78 is 5.15. The zero-order chi connectivity index (χ0) is 17.1. The summed E-state index contributed by atoms with van der Waals surface area (Å²) in [6.07, 6.45) is 1.85. The molecule has 2 aromatic rings. The average molecular weight is 326 g/mol. The smallest absolute Gasteiger partial charge is 0.236 e. The molecule has 1 fully saturated rings. The molecule has 2 unspecified atom stereocenters. The summed E-state index contributed by atoms with van der Waals surface area (Å²) in [6, 6.07) is 13.5. The Labute approximate surface area is 144 Å². The number of piperazine rings is 1. The van der Waals surface area contributed by atoms with Gasteiger partial charge in [0.15, 0.2) is 0 Å². The van der Waals surface area contributed by atoms with Crippen molar-refractivity contribution in [2.75, 3.05) is 30.8 Å². The van der Waals surface area contributed by atoms with Crippen LogP contribution >= 0.6 is 0 Å². The van der Waals surface area contributed by atoms with Gasteiger partial charge in [0.2, 0.25) is 5.88 Å². The van der Waals surface area contributed by atoms with Crippen molar-refractivity contribution in [2.45, 2.75) is 32.5 Å². The van der Waals surface area contributed by atoms with E-state index in [9.17, 15) is 0 Å². The molecule has 0 amide bonds. The van der Waals surface area contributed by atoms with Crippen LogP contribution in [0.15, 0.2) is 42.6 Å². The van der Waals surface area contributed by atoms with E-state index in [-0.39, 0.29) is 0 Å². The van der Waals surface area contributed by atoms with Crippen molar-refractivity contribution >= 4 is 11.4 Å². The fourth-order valence-electron chi connectivity index (χ4n) is 3.47. The lowest BCUT2D eigenvalue weighted by Gasteiger charge is -2.45. The van der Waals surface area contributed by atoms with Crippen LogP contribution in [0.3, 0.4) is 0 Å². The summed E-state index contributed by atoms with van der Waals surface area (Å²) in [4.78, 5) is 9.23. The highest BCUT2D eigenvalue weighted by atomic mass is 16.5. The topological polar surface area (TPSA) is 54.6 Å². The Morgan fingerprint density at radius 2 is 1.83 bits per heavy atom. The molecule has 5 heteroatoms. The molecule has 0 aliphatic carbocycles. The van der Waals surface area contributed by atoms with Crippen molar-refractivity contribution < 1.29 is 4.74 Å². The van der Waals surface area contributed by atoms with Gasteiger partial charge in [-0.2, -0.15) is 0 Å². The van der Waals surface area contributed by atoms with E-state index in [1.54, 1.807) is 7.11 Å². The van der Waals surface area contributed by atoms with Crippen LogP contribution in [-0.4, -0.2) is 42.2 Å². The predicted molar refractivity (Wildman–Crippen MR) is 98.3 cm³/mol. The maximum atomic E-state index is 6.01. The third-order valence-electron chi connectivity index (χ3n) is 4.73. The minimum absolute atomic E-state index is 0.456. The number of methoxy groups -OCH3 is 1. The Kier molecular flexibility index (Phi) is 4.90. The molecular formula is C19H26N4O. The Balaban J connectivity index is 1.72. The summed E-state index contributed by atoms with van der Waals surface area (Å²) in [5, 5.41) is 0. The third-order valence-corrected chi connectivity index (χ3v) is 4.73. The van der Waals surface area contributed by atoms with Gasteiger partial charge < -0.3 is 15.4 Å². The number of anilines is 2. The first-order valence-electron chi connectivity index (χ1n) is 8.42. The highest BCUT2D eigenvalue weighted by Crippen LogP contribution is 2.28. The van der Waals surface area contributed by atoms with Gasteiger partial charge in [-0.15, -0.1) is 0 Å². The van der Waals surface area contributed by atoms with Gasteiger partial charge in [-0.25, -0.2) is 4.98 Å². The number of nitrogens with two attached hydrogens (primary N) is 1. The molecule has 1 aliphatic rings. The molecule has 0 saturated carbocycles. The van der Waals surface area contributed by atoms with Crippen molar-refractivity contribution in [1.82, 2.24) is 9.88 Å². The van der Waals surface area contributed by atoms with Crippen LogP contribution < -0.4 is 15.4 Å². The van der Waals surface area contributed by atoms with Gasteiger partial charge in [-0.05, 0) is 25.5 Å². The fourth-order valence-corrected chi connectivity index (χ4v) is 3.47. The standard InChI is InChI=1S/C19H26N4O/c1-14-11-22(17-9-18(20)19(24-3)21-10-17)12-15(2)23(14)13-16-7-5-4-6-8-16/h4-10,14-15H,11-13,20H2,1-3H3. The third kappa shape index (κ3) is 3.46. The predicted octanol–water partition coefficient (Wildman–Crippen LogP) is 2.77. The summed E-state index contributed by atoms with van der Waals surface area (Å²) in [5.41, 5.74) is 9.02. The van der Waals surface area contributed by atoms with Gasteiger partial charge in [-0.1, -0.05) is 30.3 Å². The van der Waals surface area contributed by atoms with E-state index in [4.69, 9.17) is 10.5 Å². The van der Waals surface area contributed by atoms with E-state index in [1.165, 1.54) is 5.56 Å². The number of hydrogen-bond acceptors (Lipinski definition) is 5. The first-order valence-corrected chi connectivity index (χ1v) is 8.42. The van der Waals surface area contributed by atoms with Crippen molar-refractivity contribution in [1.29, 1.82) is 0 Å². The van der Waals surface area contributed by atoms with Gasteiger partial charge in [-0.3, -0.25) is 4.90 Å². The lowest BCUT2D eigenvalue weighted by atomic mass is 10.1. The molecule has 0 spiro atoms. The molecule has 1 aromatic heterocycles. The molecular weight excluding hydrogens is 300 g/mol. The fraction of sp³-hybridized carbons (Fsp3) is 0.421. The van der Waals surface area contributed by atoms with Crippen LogP contribution in [0, 0.1) is 0 Å². The quantitative estimate of drug-likeness (QED) is 0.936. The first kappa shape index (κ1) is 16.6. The summed E-state index contributed by atoms with van der Waals surface area (Å²) >= 11 is 0. The normalized spacial score (nSPS) is 21.7. The van der Waals surface area contributed by atoms with Crippen LogP contribution in [0.4, 0.5) is 11.4 Å². The largest absolute Gasteiger partial charge is 0.480 e. The monoisotopic (exact) mass is 326 g/mol. The molecule has 128 valence electrons. The second-order valence-electron chi connectivity index (χ2n) is 6.55. The minimum Gasteiger partial charge on any atom is -0.480 e. The SMILES string of the molecule is COc1ncc(N2CC(C)N(Cc3ccccc3)C(C)C2)cc1N. The molecule has 2 N–H and O–H groups in total. The maximum Gasteiger partial charge on any atom is 0.236 e. The van der Waals surface area contributed by atoms with Gasteiger partial charge >= 0.3 is 0 Å². The molecule has 3 rings (SSSR count). The Bertz CT molecular complexity index is 664. The van der Waals surface area contributed by atoms with Gasteiger partial charge in [0.1, 0.15) is 0 Å². The number of benzene rings is 1. The van der Waals surface area contributed by atoms with E-state index in [0.717, 1.165) is 25.3 Å². The zero-order valence-corrected chi connectivity index (χ0v) is 14.6. The van der Waals surface area contributed by atoms with E-state index < -0.39 is 0 Å². The van der Waals surface area contributed by atoms with Crippen LogP contribution in [0.1, 0.15) is 19.4 Å². The molecule has 2 atom stereocenters. The zero-order valence-electron chi connectivity index (χ0n) is 14.6. The van der Waals surface area contributed by atoms with E-state index in [2.05, 4.69) is 59.0 Å². The number of ether oxygens (including phenoxy) is 1. The van der Waals surface area contributed by atoms with Crippen LogP contribution in [-0.2, 0) is 6.54 Å². The molecule has 2 heterocycles. The second-order valence-corrected chi connectivity index (χ2v) is 6.55. The molecule has 5 nitrogen and oxygen atoms in total. The highest BCUT2D eigenvalue weighted by molar-refractivity contribution is 5.59. The molecule has 0 bridgehead atoms. The second kappa shape index (κ2) is 7.09. The highest BCUT2D eigenvalue weighted by Gasteiger charge is 2.29. The Hall–Kier alpha value is -2.27. The Morgan fingerprint density at radius 3 is 2.42 bits per heavy atom. The van der Waals surface area contributed by atoms with E-state index >= 15 is 0 Å². The minimum atomic E-state index is 0.456. The Morgan fingerprint density at radius 1 is 1.17 bits per heavy atom. The summed E-state index contributed by atoms with van der Waals surface area (Å²) in [7, 11) is 1.59. The molecule has 1 aromatic carbocycles. The van der Waals surface area contributed by atoms with E-state index in [0.29, 0.717) is 23.7 Å². The van der Waals surface area contributed by atoms with Crippen molar-refractivity contribution in [3.05, 3.63) is 48.2 Å². The maximum absolute atomic E-state index is 6.01. The number of rotatable bonds is 4. The molecule has 1 aliphatic heterocycles. The van der Waals surface area contributed by atoms with Crippen LogP contribution in [0.5, 0.6) is 5.88 Å². The van der Waals surface area contributed by atoms with Crippen molar-refractivity contribution in [3.63, 3.8) is 0 Å². The number of pyridine rings is 1. The lowest BCUT2D eigenvalue weighted by Crippen LogP contribution is -2.56. The van der Waals surface area contributed by atoms with E-state index in [1.807, 2.05) is 12.3 Å². The number of hydrogen-bond donors (Lipinski definition) is 1. The van der Waals surface area contributed by atoms with Gasteiger partial charge in [0, 0.05) is 31.7 Å². The van der Waals surface area contributed by atoms with Crippen LogP contribution in [0.25, 0.3) is 0 Å². The van der Waals surface area contributed by atoms with Crippen molar-refractivity contribution in [2.24, 2.45) is 0 Å². The lowest BCUT2D eigenvalue weighted by molar-refractivity contribution is 0.123. The number of aromatic nitrogens is 1. The summed E-state index contributed by atoms with van der Waals surface area (Å²) in [6.45, 7) is 7.48. The van der Waals surface area contributed by atoms with Crippen LogP contribution in [0.2, 0.25) is 0 Å². The molecule has 1 saturated heterocycles.